The molecule has 8 heteroatoms. The first kappa shape index (κ1) is 16.3. The molecule has 116 valence electrons. The van der Waals surface area contributed by atoms with Crippen molar-refractivity contribution < 1.29 is 23.2 Å². The Balaban J connectivity index is 2.16. The van der Waals surface area contributed by atoms with Gasteiger partial charge in [-0.1, -0.05) is 12.1 Å². The maximum absolute atomic E-state index is 11.5. The van der Waals surface area contributed by atoms with Gasteiger partial charge in [0.2, 0.25) is 0 Å². The van der Waals surface area contributed by atoms with Gasteiger partial charge in [-0.3, -0.25) is 4.90 Å². The number of rotatable bonds is 5. The van der Waals surface area contributed by atoms with Crippen molar-refractivity contribution in [3.05, 3.63) is 23.8 Å². The van der Waals surface area contributed by atoms with E-state index in [0.29, 0.717) is 24.2 Å². The first-order valence-corrected chi connectivity index (χ1v) is 8.58. The van der Waals surface area contributed by atoms with Gasteiger partial charge in [-0.05, 0) is 25.0 Å². The number of ether oxygens (including phenoxy) is 1. The van der Waals surface area contributed by atoms with E-state index in [9.17, 15) is 18.5 Å². The molecule has 1 aromatic carbocycles. The fourth-order valence-electron chi connectivity index (χ4n) is 2.60. The van der Waals surface area contributed by atoms with E-state index < -0.39 is 17.0 Å². The molecule has 1 aliphatic rings. The molecule has 1 fully saturated rings. The Morgan fingerprint density at radius 2 is 2.14 bits per heavy atom. The first-order chi connectivity index (χ1) is 9.82. The summed E-state index contributed by atoms with van der Waals surface area (Å²) in [5, 5.41) is 18.5. The van der Waals surface area contributed by atoms with E-state index in [4.69, 9.17) is 4.74 Å². The van der Waals surface area contributed by atoms with Gasteiger partial charge in [-0.25, -0.2) is 8.42 Å². The zero-order chi connectivity index (χ0) is 15.6. The third-order valence-corrected chi connectivity index (χ3v) is 5.60. The normalized spacial score (nSPS) is 20.7. The third-order valence-electron chi connectivity index (χ3n) is 3.85. The molecule has 0 amide bonds. The summed E-state index contributed by atoms with van der Waals surface area (Å²) in [6.07, 6.45) is 0.628. The number of nitrogens with zero attached hydrogens (tertiary/aromatic N) is 1. The highest BCUT2D eigenvalue weighted by Gasteiger charge is 2.31. The Morgan fingerprint density at radius 1 is 1.43 bits per heavy atom. The van der Waals surface area contributed by atoms with Crippen molar-refractivity contribution in [2.24, 2.45) is 0 Å². The Hall–Kier alpha value is -1.09. The van der Waals surface area contributed by atoms with Gasteiger partial charge in [0.25, 0.3) is 0 Å². The lowest BCUT2D eigenvalue weighted by molar-refractivity contribution is 0.250. The van der Waals surface area contributed by atoms with Crippen molar-refractivity contribution in [1.82, 2.24) is 4.90 Å². The zero-order valence-corrected chi connectivity index (χ0v) is 13.0. The Morgan fingerprint density at radius 3 is 2.67 bits per heavy atom. The molecule has 6 nitrogen and oxygen atoms in total. The maximum Gasteiger partial charge on any atom is 0.488 e. The lowest BCUT2D eigenvalue weighted by Gasteiger charge is -2.24. The standard InChI is InChI=1S/C13H20BNO5S/c1-15(12-5-6-21(18,19)9-12)8-10-7-11(14(16)17)3-4-13(10)20-2/h3-4,7,12,16-17H,5-6,8-9H2,1-2H3. The van der Waals surface area contributed by atoms with Crippen LogP contribution in [0, 0.1) is 0 Å². The van der Waals surface area contributed by atoms with Gasteiger partial charge in [0.1, 0.15) is 5.75 Å². The lowest BCUT2D eigenvalue weighted by Crippen LogP contribution is -2.34. The molecule has 1 aliphatic heterocycles. The number of hydrogen-bond donors (Lipinski definition) is 2. The second kappa shape index (κ2) is 6.35. The van der Waals surface area contributed by atoms with Crippen molar-refractivity contribution in [1.29, 1.82) is 0 Å². The molecule has 0 spiro atoms. The van der Waals surface area contributed by atoms with Crippen LogP contribution in [0.4, 0.5) is 0 Å². The van der Waals surface area contributed by atoms with Crippen LogP contribution in [0.15, 0.2) is 18.2 Å². The third kappa shape index (κ3) is 3.97. The second-order valence-corrected chi connectivity index (χ2v) is 7.65. The topological polar surface area (TPSA) is 87.1 Å². The maximum atomic E-state index is 11.5. The van der Waals surface area contributed by atoms with Gasteiger partial charge in [-0.2, -0.15) is 0 Å². The summed E-state index contributed by atoms with van der Waals surface area (Å²) in [5.74, 6) is 1.05. The molecule has 1 aromatic rings. The van der Waals surface area contributed by atoms with Crippen LogP contribution < -0.4 is 10.2 Å². The molecule has 2 N–H and O–H groups in total. The van der Waals surface area contributed by atoms with Gasteiger partial charge >= 0.3 is 7.12 Å². The molecule has 1 saturated heterocycles. The van der Waals surface area contributed by atoms with Crippen LogP contribution in [-0.2, 0) is 16.4 Å². The number of sulfone groups is 1. The van der Waals surface area contributed by atoms with Crippen molar-refractivity contribution in [2.75, 3.05) is 25.7 Å². The summed E-state index contributed by atoms with van der Waals surface area (Å²) in [6.45, 7) is 0.490. The minimum absolute atomic E-state index is 0.0117. The predicted molar refractivity (Wildman–Crippen MR) is 81.3 cm³/mol. The lowest BCUT2D eigenvalue weighted by atomic mass is 9.79. The minimum Gasteiger partial charge on any atom is -0.496 e. The molecule has 1 heterocycles. The molecule has 2 rings (SSSR count). The van der Waals surface area contributed by atoms with Crippen LogP contribution in [0.1, 0.15) is 12.0 Å². The second-order valence-electron chi connectivity index (χ2n) is 5.42. The quantitative estimate of drug-likeness (QED) is 0.678. The summed E-state index contributed by atoms with van der Waals surface area (Å²) in [7, 11) is -1.04. The Kier molecular flexibility index (Phi) is 4.93. The number of benzene rings is 1. The summed E-state index contributed by atoms with van der Waals surface area (Å²) in [4.78, 5) is 1.97. The minimum atomic E-state index is -2.92. The smallest absolute Gasteiger partial charge is 0.488 e. The van der Waals surface area contributed by atoms with E-state index in [-0.39, 0.29) is 17.5 Å². The van der Waals surface area contributed by atoms with Crippen molar-refractivity contribution in [2.45, 2.75) is 19.0 Å². The van der Waals surface area contributed by atoms with E-state index >= 15 is 0 Å². The average Bonchev–Trinajstić information content (AvgIpc) is 2.79. The highest BCUT2D eigenvalue weighted by molar-refractivity contribution is 7.91. The van der Waals surface area contributed by atoms with Gasteiger partial charge in [0.15, 0.2) is 9.84 Å². The molecule has 21 heavy (non-hydrogen) atoms. The van der Waals surface area contributed by atoms with Crippen LogP contribution >= 0.6 is 0 Å². The molecule has 1 unspecified atom stereocenters. The Labute approximate surface area is 125 Å². The van der Waals surface area contributed by atoms with Crippen molar-refractivity contribution in [3.63, 3.8) is 0 Å². The molecular formula is C13H20BNO5S. The van der Waals surface area contributed by atoms with Crippen LogP contribution in [0.25, 0.3) is 0 Å². The van der Waals surface area contributed by atoms with E-state index in [1.807, 2.05) is 11.9 Å². The molecule has 0 bridgehead atoms. The van der Waals surface area contributed by atoms with E-state index in [1.165, 1.54) is 0 Å². The molecule has 0 aliphatic carbocycles. The van der Waals surface area contributed by atoms with Crippen LogP contribution in [-0.4, -0.2) is 62.2 Å². The molecule has 0 aromatic heterocycles. The molecule has 0 saturated carbocycles. The monoisotopic (exact) mass is 313 g/mol. The van der Waals surface area contributed by atoms with Crippen LogP contribution in [0.3, 0.4) is 0 Å². The highest BCUT2D eigenvalue weighted by Crippen LogP contribution is 2.22. The largest absolute Gasteiger partial charge is 0.496 e. The van der Waals surface area contributed by atoms with E-state index in [0.717, 1.165) is 5.56 Å². The molecule has 0 radical (unpaired) electrons. The first-order valence-electron chi connectivity index (χ1n) is 6.76. The number of methoxy groups -OCH3 is 1. The van der Waals surface area contributed by atoms with E-state index in [1.54, 1.807) is 25.3 Å². The van der Waals surface area contributed by atoms with Crippen LogP contribution in [0.2, 0.25) is 0 Å². The van der Waals surface area contributed by atoms with E-state index in [2.05, 4.69) is 0 Å². The highest BCUT2D eigenvalue weighted by atomic mass is 32.2. The van der Waals surface area contributed by atoms with Crippen LogP contribution in [0.5, 0.6) is 5.75 Å². The summed E-state index contributed by atoms with van der Waals surface area (Å²) in [6, 6.07) is 4.93. The molecular weight excluding hydrogens is 293 g/mol. The SMILES string of the molecule is COc1ccc(B(O)O)cc1CN(C)C1CCS(=O)(=O)C1. The average molecular weight is 313 g/mol. The van der Waals surface area contributed by atoms with Crippen molar-refractivity contribution >= 4 is 22.4 Å². The number of hydrogen-bond acceptors (Lipinski definition) is 6. The molecule has 1 atom stereocenters. The predicted octanol–water partition coefficient (Wildman–Crippen LogP) is -1.01. The summed E-state index contributed by atoms with van der Waals surface area (Å²) in [5.41, 5.74) is 1.19. The van der Waals surface area contributed by atoms with Gasteiger partial charge < -0.3 is 14.8 Å². The fourth-order valence-corrected chi connectivity index (χ4v) is 4.41. The Bertz CT molecular complexity index is 605. The fraction of sp³-hybridized carbons (Fsp3) is 0.538. The van der Waals surface area contributed by atoms with Gasteiger partial charge in [-0.15, -0.1) is 0 Å². The summed E-state index contributed by atoms with van der Waals surface area (Å²) >= 11 is 0. The van der Waals surface area contributed by atoms with Gasteiger partial charge in [0, 0.05) is 18.2 Å². The van der Waals surface area contributed by atoms with Crippen molar-refractivity contribution in [3.8, 4) is 5.75 Å². The zero-order valence-electron chi connectivity index (χ0n) is 12.2. The van der Waals surface area contributed by atoms with Gasteiger partial charge in [0.05, 0.1) is 18.6 Å². The summed E-state index contributed by atoms with van der Waals surface area (Å²) < 4.78 is 28.4.